The van der Waals surface area contributed by atoms with Gasteiger partial charge in [0.15, 0.2) is 0 Å². The van der Waals surface area contributed by atoms with E-state index in [1.165, 1.54) is 65.6 Å². The van der Waals surface area contributed by atoms with Gasteiger partial charge in [0, 0.05) is 84.3 Å². The molecule has 0 radical (unpaired) electrons. The van der Waals surface area contributed by atoms with Crippen molar-refractivity contribution in [3.8, 4) is 22.9 Å². The lowest BCUT2D eigenvalue weighted by molar-refractivity contribution is 0.487. The Bertz CT molecular complexity index is 4810. The highest BCUT2D eigenvalue weighted by Gasteiger charge is 2.47. The van der Waals surface area contributed by atoms with Crippen LogP contribution in [0.4, 0.5) is 51.2 Å². The number of benzene rings is 12. The van der Waals surface area contributed by atoms with Crippen molar-refractivity contribution in [2.45, 2.75) is 0 Å². The zero-order chi connectivity index (χ0) is 52.2. The van der Waals surface area contributed by atoms with Crippen LogP contribution in [0.3, 0.4) is 0 Å². The standard InChI is InChI=1S/C72H45B2N5O/c1-5-22-46(23-6-1)75(47-24-7-2-8-25-47)50-40-65-70-66(41-50)79-62-38-19-15-32-54(62)55-33-21-35-57(72(55)79)74(70)59-44-58-63(45-64(59)76(65)48-26-9-3-10-27-48)77(49-28-11-4-12-29-49)67-42-51(43-69-71(67)73(58)56-34-16-20-39-68(56)80-69)78-60-36-17-13-30-52(60)53-31-14-18-37-61(53)78/h1-45H. The molecule has 0 saturated carbocycles. The smallest absolute Gasteiger partial charge is 0.256 e. The van der Waals surface area contributed by atoms with Gasteiger partial charge in [-0.1, -0.05) is 170 Å². The molecule has 370 valence electrons. The normalized spacial score (nSPS) is 13.2. The predicted octanol–water partition coefficient (Wildman–Crippen LogP) is 14.4. The maximum absolute atomic E-state index is 7.23. The summed E-state index contributed by atoms with van der Waals surface area (Å²) in [6.07, 6.45) is 0. The third kappa shape index (κ3) is 5.99. The van der Waals surface area contributed by atoms with Gasteiger partial charge < -0.3 is 28.6 Å². The van der Waals surface area contributed by atoms with Crippen LogP contribution in [-0.4, -0.2) is 22.6 Å². The third-order valence-corrected chi connectivity index (χ3v) is 17.4. The van der Waals surface area contributed by atoms with Crippen LogP contribution in [0.25, 0.3) is 55.0 Å². The summed E-state index contributed by atoms with van der Waals surface area (Å²) in [5, 5.41) is 4.95. The molecule has 0 fully saturated rings. The van der Waals surface area contributed by atoms with Crippen LogP contribution in [0, 0.1) is 0 Å². The summed E-state index contributed by atoms with van der Waals surface area (Å²) in [6, 6.07) is 101. The molecule has 0 aliphatic carbocycles. The first-order chi connectivity index (χ1) is 39.7. The molecule has 80 heavy (non-hydrogen) atoms. The molecule has 6 nitrogen and oxygen atoms in total. The highest BCUT2D eigenvalue weighted by atomic mass is 16.5. The first kappa shape index (κ1) is 43.6. The summed E-state index contributed by atoms with van der Waals surface area (Å²) in [5.41, 5.74) is 24.4. The van der Waals surface area contributed by atoms with E-state index in [1.807, 2.05) is 0 Å². The quantitative estimate of drug-likeness (QED) is 0.155. The summed E-state index contributed by atoms with van der Waals surface area (Å²) in [5.74, 6) is 1.75. The molecule has 0 N–H and O–H groups in total. The van der Waals surface area contributed by atoms with E-state index < -0.39 is 0 Å². The maximum atomic E-state index is 7.23. The van der Waals surface area contributed by atoms with Gasteiger partial charge >= 0.3 is 0 Å². The first-order valence-electron chi connectivity index (χ1n) is 27.7. The number of para-hydroxylation sites is 9. The monoisotopic (exact) mass is 1020 g/mol. The lowest BCUT2D eigenvalue weighted by Gasteiger charge is -2.44. The summed E-state index contributed by atoms with van der Waals surface area (Å²) in [4.78, 5) is 7.51. The molecule has 14 aromatic rings. The maximum Gasteiger partial charge on any atom is 0.256 e. The molecule has 0 saturated heterocycles. The van der Waals surface area contributed by atoms with Gasteiger partial charge in [0.05, 0.1) is 27.9 Å². The molecule has 4 aliphatic heterocycles. The SMILES string of the molecule is c1ccc(N(c2ccccc2)c2cc3c4c(c2)-n2c5ccccc5c5cccc(c52)B4c2cc4c(cc2N3c2ccccc2)N(c2ccccc2)c2cc(-n3c5ccccc5c5ccccc53)cc3c2B4c2ccccc2O3)cc1. The van der Waals surface area contributed by atoms with Crippen molar-refractivity contribution < 1.29 is 4.74 Å². The number of anilines is 9. The van der Waals surface area contributed by atoms with Crippen LogP contribution in [-0.2, 0) is 0 Å². The number of fused-ring (bicyclic) bond motifs is 14. The number of nitrogens with zero attached hydrogens (tertiary/aromatic N) is 5. The molecule has 0 bridgehead atoms. The first-order valence-corrected chi connectivity index (χ1v) is 27.7. The van der Waals surface area contributed by atoms with Gasteiger partial charge in [-0.2, -0.15) is 0 Å². The van der Waals surface area contributed by atoms with Gasteiger partial charge in [-0.25, -0.2) is 0 Å². The van der Waals surface area contributed by atoms with Gasteiger partial charge in [0.1, 0.15) is 11.5 Å². The van der Waals surface area contributed by atoms with Crippen LogP contribution in [0.15, 0.2) is 273 Å². The van der Waals surface area contributed by atoms with E-state index >= 15 is 0 Å². The van der Waals surface area contributed by atoms with Crippen LogP contribution < -0.4 is 52.2 Å². The van der Waals surface area contributed by atoms with Crippen LogP contribution in [0.1, 0.15) is 0 Å². The molecular weight excluding hydrogens is 972 g/mol. The van der Waals surface area contributed by atoms with Crippen LogP contribution >= 0.6 is 0 Å². The Kier molecular flexibility index (Phi) is 9.03. The fraction of sp³-hybridized carbons (Fsp3) is 0. The molecule has 18 rings (SSSR count). The Labute approximate surface area is 463 Å². The number of rotatable bonds is 6. The Balaban J connectivity index is 0.972. The van der Waals surface area contributed by atoms with Gasteiger partial charge in [-0.05, 0) is 130 Å². The topological polar surface area (TPSA) is 28.8 Å². The lowest BCUT2D eigenvalue weighted by atomic mass is 9.30. The molecule has 8 heteroatoms. The zero-order valence-corrected chi connectivity index (χ0v) is 43.3. The summed E-state index contributed by atoms with van der Waals surface area (Å²) in [6.45, 7) is -0.252. The fourth-order valence-corrected chi connectivity index (χ4v) is 14.3. The summed E-state index contributed by atoms with van der Waals surface area (Å²) < 4.78 is 12.2. The molecule has 0 spiro atoms. The molecule has 0 unspecified atom stereocenters. The Morgan fingerprint density at radius 2 is 0.762 bits per heavy atom. The molecule has 6 heterocycles. The second kappa shape index (κ2) is 16.5. The van der Waals surface area contributed by atoms with E-state index in [2.05, 4.69) is 297 Å². The van der Waals surface area contributed by atoms with Crippen molar-refractivity contribution in [2.24, 2.45) is 0 Å². The number of hydrogen-bond acceptors (Lipinski definition) is 4. The largest absolute Gasteiger partial charge is 0.458 e. The fourth-order valence-electron chi connectivity index (χ4n) is 14.3. The van der Waals surface area contributed by atoms with Crippen LogP contribution in [0.2, 0.25) is 0 Å². The van der Waals surface area contributed by atoms with Crippen molar-refractivity contribution in [3.05, 3.63) is 273 Å². The summed E-state index contributed by atoms with van der Waals surface area (Å²) >= 11 is 0. The molecule has 0 amide bonds. The van der Waals surface area contributed by atoms with Crippen molar-refractivity contribution in [1.82, 2.24) is 9.13 Å². The van der Waals surface area contributed by atoms with Gasteiger partial charge in [-0.15, -0.1) is 0 Å². The van der Waals surface area contributed by atoms with Crippen LogP contribution in [0.5, 0.6) is 11.5 Å². The Hall–Kier alpha value is -10.4. The third-order valence-electron chi connectivity index (χ3n) is 17.4. The predicted molar refractivity (Wildman–Crippen MR) is 335 cm³/mol. The molecule has 4 aliphatic rings. The van der Waals surface area contributed by atoms with E-state index in [0.29, 0.717) is 0 Å². The van der Waals surface area contributed by atoms with E-state index in [9.17, 15) is 0 Å². The molecule has 2 aromatic heterocycles. The average molecular weight is 1020 g/mol. The van der Waals surface area contributed by atoms with Gasteiger partial charge in [0.25, 0.3) is 13.4 Å². The van der Waals surface area contributed by atoms with Gasteiger partial charge in [-0.3, -0.25) is 0 Å². The lowest BCUT2D eigenvalue weighted by Crippen LogP contribution is -2.64. The second-order valence-corrected chi connectivity index (χ2v) is 21.6. The Morgan fingerprint density at radius 3 is 1.39 bits per heavy atom. The van der Waals surface area contributed by atoms with E-state index in [-0.39, 0.29) is 13.4 Å². The molecule has 0 atom stereocenters. The molecule has 12 aromatic carbocycles. The Morgan fingerprint density at radius 1 is 0.287 bits per heavy atom. The minimum Gasteiger partial charge on any atom is -0.458 e. The van der Waals surface area contributed by atoms with E-state index in [4.69, 9.17) is 4.74 Å². The van der Waals surface area contributed by atoms with Crippen molar-refractivity contribution >= 4 is 141 Å². The zero-order valence-electron chi connectivity index (χ0n) is 43.3. The second-order valence-electron chi connectivity index (χ2n) is 21.6. The highest BCUT2D eigenvalue weighted by Crippen LogP contribution is 2.49. The number of hydrogen-bond donors (Lipinski definition) is 0. The highest BCUT2D eigenvalue weighted by molar-refractivity contribution is 7.02. The summed E-state index contributed by atoms with van der Waals surface area (Å²) in [7, 11) is 0. The van der Waals surface area contributed by atoms with E-state index in [1.54, 1.807) is 0 Å². The average Bonchev–Trinajstić information content (AvgIpc) is 3.15. The van der Waals surface area contributed by atoms with Gasteiger partial charge in [0.2, 0.25) is 0 Å². The number of ether oxygens (including phenoxy) is 1. The van der Waals surface area contributed by atoms with Crippen molar-refractivity contribution in [1.29, 1.82) is 0 Å². The van der Waals surface area contributed by atoms with Crippen molar-refractivity contribution in [2.75, 3.05) is 14.7 Å². The minimum absolute atomic E-state index is 0.115. The van der Waals surface area contributed by atoms with E-state index in [0.717, 1.165) is 84.9 Å². The molecular formula is C72H45B2N5O. The van der Waals surface area contributed by atoms with Crippen molar-refractivity contribution in [3.63, 3.8) is 0 Å². The minimum atomic E-state index is -0.137. The number of aromatic nitrogens is 2.